The summed E-state index contributed by atoms with van der Waals surface area (Å²) in [6.45, 7) is 2.03. The van der Waals surface area contributed by atoms with E-state index in [1.54, 1.807) is 45.6 Å². The maximum Gasteiger partial charge on any atom is 0.248 e. The van der Waals surface area contributed by atoms with E-state index >= 15 is 0 Å². The van der Waals surface area contributed by atoms with Crippen LogP contribution in [0.25, 0.3) is 6.08 Å². The number of carbonyl (C=O) groups is 1. The largest absolute Gasteiger partial charge is 0.493 e. The molecule has 7 heteroatoms. The van der Waals surface area contributed by atoms with Crippen LogP contribution in [-0.2, 0) is 4.79 Å². The van der Waals surface area contributed by atoms with Gasteiger partial charge in [0.2, 0.25) is 11.7 Å². The molecule has 1 fully saturated rings. The Morgan fingerprint density at radius 1 is 1.00 bits per heavy atom. The van der Waals surface area contributed by atoms with Crippen molar-refractivity contribution in [2.24, 2.45) is 0 Å². The third-order valence-corrected chi connectivity index (χ3v) is 5.33. The topological polar surface area (TPSA) is 60.0 Å². The second-order valence-electron chi connectivity index (χ2n) is 7.00. The molecular weight excluding hydrogens is 404 g/mol. The predicted octanol–water partition coefficient (Wildman–Crippen LogP) is 5.01. The second-order valence-corrected chi connectivity index (χ2v) is 7.40. The number of carbonyl (C=O) groups excluding carboxylic acids is 1. The Balaban J connectivity index is 1.69. The summed E-state index contributed by atoms with van der Waals surface area (Å²) in [7, 11) is 4.65. The molecule has 0 atom stereocenters. The highest BCUT2D eigenvalue weighted by atomic mass is 35.5. The third-order valence-electron chi connectivity index (χ3n) is 5.03. The van der Waals surface area contributed by atoms with Gasteiger partial charge in [-0.25, -0.2) is 0 Å². The minimum atomic E-state index is -0.259. The lowest BCUT2D eigenvalue weighted by Crippen LogP contribution is -2.29. The van der Waals surface area contributed by atoms with E-state index in [0.29, 0.717) is 28.0 Å². The van der Waals surface area contributed by atoms with Crippen LogP contribution in [0.4, 0.5) is 11.4 Å². The molecule has 1 aliphatic rings. The van der Waals surface area contributed by atoms with Crippen LogP contribution in [0.2, 0.25) is 5.02 Å². The average molecular weight is 431 g/mol. The Morgan fingerprint density at radius 3 is 2.23 bits per heavy atom. The number of methoxy groups -OCH3 is 3. The Bertz CT molecular complexity index is 898. The van der Waals surface area contributed by atoms with Gasteiger partial charge in [-0.15, -0.1) is 0 Å². The fourth-order valence-corrected chi connectivity index (χ4v) is 3.83. The number of hydrogen-bond donors (Lipinski definition) is 1. The Hall–Kier alpha value is -2.86. The fraction of sp³-hybridized carbons (Fsp3) is 0.348. The van der Waals surface area contributed by atoms with Gasteiger partial charge in [0, 0.05) is 24.9 Å². The number of anilines is 2. The van der Waals surface area contributed by atoms with Crippen molar-refractivity contribution in [3.8, 4) is 17.2 Å². The standard InChI is InChI=1S/C23H27ClN2O4/c1-28-20-13-16(14-21(29-2)23(20)30-3)7-10-22(27)25-17-8-9-19(18(24)15-17)26-11-5-4-6-12-26/h7-10,13-15H,4-6,11-12H2,1-3H3,(H,25,27). The summed E-state index contributed by atoms with van der Waals surface area (Å²) < 4.78 is 16.0. The lowest BCUT2D eigenvalue weighted by atomic mass is 10.1. The molecule has 1 saturated heterocycles. The van der Waals surface area contributed by atoms with E-state index in [0.717, 1.165) is 24.3 Å². The van der Waals surface area contributed by atoms with E-state index in [-0.39, 0.29) is 5.91 Å². The maximum absolute atomic E-state index is 12.4. The molecule has 1 amide bonds. The van der Waals surface area contributed by atoms with Crippen LogP contribution in [0.1, 0.15) is 24.8 Å². The molecule has 2 aromatic rings. The first-order valence-electron chi connectivity index (χ1n) is 9.89. The average Bonchev–Trinajstić information content (AvgIpc) is 2.77. The molecule has 160 valence electrons. The summed E-state index contributed by atoms with van der Waals surface area (Å²) in [6, 6.07) is 9.18. The van der Waals surface area contributed by atoms with Gasteiger partial charge < -0.3 is 24.4 Å². The highest BCUT2D eigenvalue weighted by Gasteiger charge is 2.15. The van der Waals surface area contributed by atoms with Gasteiger partial charge in [0.05, 0.1) is 32.0 Å². The van der Waals surface area contributed by atoms with Gasteiger partial charge in [0.15, 0.2) is 11.5 Å². The van der Waals surface area contributed by atoms with Crippen LogP contribution < -0.4 is 24.4 Å². The van der Waals surface area contributed by atoms with E-state index in [9.17, 15) is 4.79 Å². The van der Waals surface area contributed by atoms with Gasteiger partial charge in [-0.1, -0.05) is 11.6 Å². The number of ether oxygens (including phenoxy) is 3. The van der Waals surface area contributed by atoms with Crippen molar-refractivity contribution in [2.75, 3.05) is 44.6 Å². The van der Waals surface area contributed by atoms with E-state index < -0.39 is 0 Å². The minimum absolute atomic E-state index is 0.259. The first kappa shape index (κ1) is 21.8. The molecular formula is C23H27ClN2O4. The molecule has 0 bridgehead atoms. The molecule has 0 saturated carbocycles. The van der Waals surface area contributed by atoms with E-state index in [2.05, 4.69) is 10.2 Å². The van der Waals surface area contributed by atoms with Crippen LogP contribution in [-0.4, -0.2) is 40.3 Å². The van der Waals surface area contributed by atoms with Crippen molar-refractivity contribution in [1.29, 1.82) is 0 Å². The highest BCUT2D eigenvalue weighted by Crippen LogP contribution is 2.38. The normalized spacial score (nSPS) is 13.9. The number of halogens is 1. The number of hydrogen-bond acceptors (Lipinski definition) is 5. The zero-order chi connectivity index (χ0) is 21.5. The van der Waals surface area contributed by atoms with Crippen LogP contribution >= 0.6 is 11.6 Å². The van der Waals surface area contributed by atoms with E-state index in [4.69, 9.17) is 25.8 Å². The lowest BCUT2D eigenvalue weighted by molar-refractivity contribution is -0.111. The van der Waals surface area contributed by atoms with Crippen molar-refractivity contribution in [1.82, 2.24) is 0 Å². The predicted molar refractivity (Wildman–Crippen MR) is 121 cm³/mol. The molecule has 0 radical (unpaired) electrons. The third kappa shape index (κ3) is 5.19. The zero-order valence-corrected chi connectivity index (χ0v) is 18.3. The molecule has 3 rings (SSSR count). The zero-order valence-electron chi connectivity index (χ0n) is 17.5. The molecule has 1 heterocycles. The van der Waals surface area contributed by atoms with Crippen LogP contribution in [0.5, 0.6) is 17.2 Å². The van der Waals surface area contributed by atoms with Gasteiger partial charge in [-0.2, -0.15) is 0 Å². The van der Waals surface area contributed by atoms with Gasteiger partial charge in [0.25, 0.3) is 0 Å². The van der Waals surface area contributed by atoms with Crippen molar-refractivity contribution < 1.29 is 19.0 Å². The Labute approximate surface area is 182 Å². The summed E-state index contributed by atoms with van der Waals surface area (Å²) in [6.07, 6.45) is 6.76. The molecule has 1 aliphatic heterocycles. The maximum atomic E-state index is 12.4. The van der Waals surface area contributed by atoms with Crippen LogP contribution in [0.3, 0.4) is 0 Å². The molecule has 6 nitrogen and oxygen atoms in total. The molecule has 1 N–H and O–H groups in total. The van der Waals surface area contributed by atoms with Crippen molar-refractivity contribution in [2.45, 2.75) is 19.3 Å². The van der Waals surface area contributed by atoms with Crippen molar-refractivity contribution in [3.05, 3.63) is 47.0 Å². The van der Waals surface area contributed by atoms with Crippen molar-refractivity contribution >= 4 is 35.0 Å². The fourth-order valence-electron chi connectivity index (χ4n) is 3.53. The van der Waals surface area contributed by atoms with Crippen LogP contribution in [0.15, 0.2) is 36.4 Å². The summed E-state index contributed by atoms with van der Waals surface area (Å²) in [4.78, 5) is 14.7. The van der Waals surface area contributed by atoms with Crippen molar-refractivity contribution in [3.63, 3.8) is 0 Å². The summed E-state index contributed by atoms with van der Waals surface area (Å²) in [5, 5.41) is 3.49. The monoisotopic (exact) mass is 430 g/mol. The van der Waals surface area contributed by atoms with Gasteiger partial charge >= 0.3 is 0 Å². The lowest BCUT2D eigenvalue weighted by Gasteiger charge is -2.29. The molecule has 0 aromatic heterocycles. The molecule has 0 aliphatic carbocycles. The Kier molecular flexibility index (Phi) is 7.46. The molecule has 30 heavy (non-hydrogen) atoms. The molecule has 0 unspecified atom stereocenters. The smallest absolute Gasteiger partial charge is 0.248 e. The van der Waals surface area contributed by atoms with Gasteiger partial charge in [-0.3, -0.25) is 4.79 Å². The second kappa shape index (κ2) is 10.3. The number of benzene rings is 2. The Morgan fingerprint density at radius 2 is 1.67 bits per heavy atom. The quantitative estimate of drug-likeness (QED) is 0.626. The first-order chi connectivity index (χ1) is 14.5. The van der Waals surface area contributed by atoms with Crippen LogP contribution in [0, 0.1) is 0 Å². The molecule has 2 aromatic carbocycles. The number of nitrogens with one attached hydrogen (secondary N) is 1. The number of piperidine rings is 1. The minimum Gasteiger partial charge on any atom is -0.493 e. The number of amides is 1. The summed E-state index contributed by atoms with van der Waals surface area (Å²) >= 11 is 6.46. The first-order valence-corrected chi connectivity index (χ1v) is 10.3. The highest BCUT2D eigenvalue weighted by molar-refractivity contribution is 6.33. The summed E-state index contributed by atoms with van der Waals surface area (Å²) in [5.41, 5.74) is 2.42. The SMILES string of the molecule is COc1cc(C=CC(=O)Nc2ccc(N3CCCCC3)c(Cl)c2)cc(OC)c1OC. The van der Waals surface area contributed by atoms with E-state index in [1.165, 1.54) is 25.3 Å². The number of rotatable bonds is 7. The van der Waals surface area contributed by atoms with Gasteiger partial charge in [0.1, 0.15) is 0 Å². The van der Waals surface area contributed by atoms with E-state index in [1.807, 2.05) is 12.1 Å². The number of nitrogens with zero attached hydrogens (tertiary/aromatic N) is 1. The van der Waals surface area contributed by atoms with Gasteiger partial charge in [-0.05, 0) is 61.2 Å². The summed E-state index contributed by atoms with van der Waals surface area (Å²) in [5.74, 6) is 1.30. The molecule has 0 spiro atoms.